The van der Waals surface area contributed by atoms with E-state index in [4.69, 9.17) is 14.6 Å². The first-order chi connectivity index (χ1) is 18.6. The van der Waals surface area contributed by atoms with Crippen molar-refractivity contribution in [2.45, 2.75) is 70.0 Å². The second kappa shape index (κ2) is 12.4. The lowest BCUT2D eigenvalue weighted by molar-refractivity contribution is -0.944. The maximum Gasteiger partial charge on any atom is 0.430 e. The summed E-state index contributed by atoms with van der Waals surface area (Å²) >= 11 is 0. The van der Waals surface area contributed by atoms with Crippen molar-refractivity contribution in [3.8, 4) is 11.5 Å². The third-order valence-electron chi connectivity index (χ3n) is 8.34. The molecule has 4 heterocycles. The fourth-order valence-corrected chi connectivity index (χ4v) is 6.27. The number of nitrogens with one attached hydrogen (secondary N) is 1. The van der Waals surface area contributed by atoms with Crippen LogP contribution in [0.5, 0.6) is 11.5 Å². The minimum absolute atomic E-state index is 0.132. The minimum atomic E-state index is -5.19. The van der Waals surface area contributed by atoms with E-state index >= 15 is 0 Å². The van der Waals surface area contributed by atoms with E-state index in [2.05, 4.69) is 12.2 Å². The smallest absolute Gasteiger partial charge is 0.430 e. The molecule has 39 heavy (non-hydrogen) atoms. The number of nitrogens with zero attached hydrogens (tertiary/aromatic N) is 1. The van der Waals surface area contributed by atoms with Crippen LogP contribution in [0, 0.1) is 5.92 Å². The molecular weight excluding hydrogens is 509 g/mol. The number of carboxylic acids is 1. The number of carbonyl (C=O) groups excluding carboxylic acids is 2. The molecule has 6 rings (SSSR count). The number of rotatable bonds is 8. The van der Waals surface area contributed by atoms with Crippen LogP contribution in [0.2, 0.25) is 0 Å². The van der Waals surface area contributed by atoms with Gasteiger partial charge in [-0.3, -0.25) is 4.79 Å². The van der Waals surface area contributed by atoms with Gasteiger partial charge in [0.15, 0.2) is 0 Å². The number of benzene rings is 2. The molecule has 1 atom stereocenters. The van der Waals surface area contributed by atoms with Crippen LogP contribution in [0.15, 0.2) is 48.5 Å². The van der Waals surface area contributed by atoms with Crippen LogP contribution in [0.3, 0.4) is 0 Å². The van der Waals surface area contributed by atoms with Gasteiger partial charge >= 0.3 is 6.18 Å². The molecule has 1 N–H and O–H groups in total. The van der Waals surface area contributed by atoms with E-state index in [1.54, 1.807) is 0 Å². The Morgan fingerprint density at radius 2 is 1.49 bits per heavy atom. The number of carboxylic acid groups (broad SMARTS) is 1. The monoisotopic (exact) mass is 546 g/mol. The lowest BCUT2D eigenvalue weighted by atomic mass is 9.80. The molecule has 212 valence electrons. The maximum atomic E-state index is 13.7. The summed E-state index contributed by atoms with van der Waals surface area (Å²) in [4.78, 5) is 22.5. The summed E-state index contributed by atoms with van der Waals surface area (Å²) in [5, 5.41) is 12.3. The lowest BCUT2D eigenvalue weighted by Crippen LogP contribution is -2.67. The number of fused-ring (bicyclic) bond motifs is 5. The molecule has 3 saturated heterocycles. The minimum Gasteiger partial charge on any atom is -0.542 e. The second-order valence-electron chi connectivity index (χ2n) is 11.0. The molecular formula is C30H37F3N2O4. The summed E-state index contributed by atoms with van der Waals surface area (Å²) < 4.78 is 38.9. The summed E-state index contributed by atoms with van der Waals surface area (Å²) in [6.45, 7) is 7.27. The fourth-order valence-electron chi connectivity index (χ4n) is 6.27. The van der Waals surface area contributed by atoms with Gasteiger partial charge in [0.25, 0.3) is 0 Å². The van der Waals surface area contributed by atoms with Crippen molar-refractivity contribution >= 4 is 11.9 Å². The Labute approximate surface area is 227 Å². The summed E-state index contributed by atoms with van der Waals surface area (Å²) in [6.07, 6.45) is 4.00. The number of amides is 1. The molecule has 0 aliphatic carbocycles. The molecule has 4 aliphatic heterocycles. The largest absolute Gasteiger partial charge is 0.542 e. The number of para-hydroxylation sites is 2. The van der Waals surface area contributed by atoms with Crippen LogP contribution >= 0.6 is 0 Å². The van der Waals surface area contributed by atoms with Crippen LogP contribution in [0.4, 0.5) is 13.2 Å². The first kappa shape index (κ1) is 28.9. The van der Waals surface area contributed by atoms with Gasteiger partial charge in [-0.05, 0) is 30.9 Å². The van der Waals surface area contributed by atoms with Gasteiger partial charge in [0, 0.05) is 24.0 Å². The Balaban J connectivity index is 0.000000448. The molecule has 6 nitrogen and oxygen atoms in total. The van der Waals surface area contributed by atoms with Gasteiger partial charge in [-0.2, -0.15) is 13.2 Å². The molecule has 0 spiro atoms. The molecule has 2 aromatic carbocycles. The van der Waals surface area contributed by atoms with Gasteiger partial charge in [-0.15, -0.1) is 0 Å². The number of carbonyl (C=O) groups is 2. The van der Waals surface area contributed by atoms with Gasteiger partial charge in [0.2, 0.25) is 5.91 Å². The van der Waals surface area contributed by atoms with Crippen LogP contribution in [-0.2, 0) is 9.59 Å². The quantitative estimate of drug-likeness (QED) is 0.377. The Morgan fingerprint density at radius 1 is 0.949 bits per heavy atom. The molecule has 3 fully saturated rings. The molecule has 0 aromatic heterocycles. The highest BCUT2D eigenvalue weighted by Gasteiger charge is 2.47. The fraction of sp³-hybridized carbons (Fsp3) is 0.533. The standard InChI is InChI=1S/C28H36N2O2.C2HF3O2/c1-2-3-4-5-10-17-30-18-15-21(16-19-30)24(20-30)29-28(31)27-22-11-6-8-13-25(22)32-26-14-9-7-12-23(26)27;3-2(4,5)1(6)7/h6-9,11-14,21,24,27H,2-5,10,15-20H2,1H3;(H,6,7)/t21?,24-,30?;/m1./s1. The molecule has 1 amide bonds. The average Bonchev–Trinajstić information content (AvgIpc) is 2.92. The number of quaternary nitrogens is 1. The van der Waals surface area contributed by atoms with Gasteiger partial charge in [-0.25, -0.2) is 0 Å². The van der Waals surface area contributed by atoms with Crippen molar-refractivity contribution in [1.29, 1.82) is 0 Å². The zero-order valence-electron chi connectivity index (χ0n) is 22.3. The zero-order chi connectivity index (χ0) is 28.0. The second-order valence-corrected chi connectivity index (χ2v) is 11.0. The molecule has 4 aliphatic rings. The maximum absolute atomic E-state index is 13.7. The highest BCUT2D eigenvalue weighted by molar-refractivity contribution is 5.89. The lowest BCUT2D eigenvalue weighted by Gasteiger charge is -2.53. The molecule has 2 aromatic rings. The van der Waals surface area contributed by atoms with Crippen molar-refractivity contribution < 1.29 is 37.1 Å². The van der Waals surface area contributed by atoms with E-state index in [1.807, 2.05) is 48.5 Å². The zero-order valence-corrected chi connectivity index (χ0v) is 22.3. The van der Waals surface area contributed by atoms with Gasteiger partial charge in [0.1, 0.15) is 17.5 Å². The van der Waals surface area contributed by atoms with Crippen molar-refractivity contribution in [2.24, 2.45) is 5.92 Å². The SMILES string of the molecule is CCCCCCC[N+]12CCC(CC1)[C@H](NC(=O)C1c3ccccc3Oc3ccccc31)C2.O=C([O-])C(F)(F)F. The van der Waals surface area contributed by atoms with Gasteiger partial charge < -0.3 is 24.4 Å². The number of piperidine rings is 3. The normalized spacial score (nSPS) is 23.5. The summed E-state index contributed by atoms with van der Waals surface area (Å²) in [5.41, 5.74) is 1.95. The third kappa shape index (κ3) is 6.93. The van der Waals surface area contributed by atoms with Crippen LogP contribution in [0.1, 0.15) is 68.9 Å². The first-order valence-corrected chi connectivity index (χ1v) is 13.9. The highest BCUT2D eigenvalue weighted by atomic mass is 19.4. The van der Waals surface area contributed by atoms with Crippen molar-refractivity contribution in [1.82, 2.24) is 5.32 Å². The number of hydrogen-bond acceptors (Lipinski definition) is 4. The topological polar surface area (TPSA) is 78.5 Å². The number of ether oxygens (including phenoxy) is 1. The Bertz CT molecular complexity index is 1100. The third-order valence-corrected chi connectivity index (χ3v) is 8.34. The summed E-state index contributed by atoms with van der Waals surface area (Å²) in [5.74, 6) is -0.939. The summed E-state index contributed by atoms with van der Waals surface area (Å²) in [6, 6.07) is 16.3. The summed E-state index contributed by atoms with van der Waals surface area (Å²) in [7, 11) is 0. The molecule has 2 bridgehead atoms. The van der Waals surface area contributed by atoms with E-state index in [0.29, 0.717) is 12.0 Å². The first-order valence-electron chi connectivity index (χ1n) is 13.9. The van der Waals surface area contributed by atoms with Gasteiger partial charge in [-0.1, -0.05) is 62.6 Å². The number of hydrogen-bond donors (Lipinski definition) is 1. The van der Waals surface area contributed by atoms with Crippen LogP contribution in [-0.4, -0.2) is 54.8 Å². The number of halogens is 3. The molecule has 0 unspecified atom stereocenters. The highest BCUT2D eigenvalue weighted by Crippen LogP contribution is 2.44. The van der Waals surface area contributed by atoms with Crippen molar-refractivity contribution in [3.05, 3.63) is 59.7 Å². The number of alkyl halides is 3. The molecule has 0 saturated carbocycles. The van der Waals surface area contributed by atoms with Crippen LogP contribution in [0.25, 0.3) is 0 Å². The van der Waals surface area contributed by atoms with Gasteiger partial charge in [0.05, 0.1) is 38.1 Å². The van der Waals surface area contributed by atoms with Crippen molar-refractivity contribution in [3.63, 3.8) is 0 Å². The van der Waals surface area contributed by atoms with Crippen molar-refractivity contribution in [2.75, 3.05) is 26.2 Å². The van der Waals surface area contributed by atoms with E-state index in [-0.39, 0.29) is 11.8 Å². The number of unbranched alkanes of at least 4 members (excludes halogenated alkanes) is 4. The number of aliphatic carboxylic acids is 1. The van der Waals surface area contributed by atoms with E-state index < -0.39 is 12.1 Å². The van der Waals surface area contributed by atoms with E-state index in [1.165, 1.54) is 69.1 Å². The van der Waals surface area contributed by atoms with Crippen LogP contribution < -0.4 is 15.2 Å². The molecule has 9 heteroatoms. The Kier molecular flexibility index (Phi) is 9.20. The Hall–Kier alpha value is -3.07. The predicted molar refractivity (Wildman–Crippen MR) is 139 cm³/mol. The van der Waals surface area contributed by atoms with E-state index in [0.717, 1.165) is 29.2 Å². The average molecular weight is 547 g/mol. The predicted octanol–water partition coefficient (Wildman–Crippen LogP) is 4.92. The Morgan fingerprint density at radius 3 is 2.03 bits per heavy atom. The van der Waals surface area contributed by atoms with E-state index in [9.17, 15) is 18.0 Å². The molecule has 0 radical (unpaired) electrons.